The predicted octanol–water partition coefficient (Wildman–Crippen LogP) is 3.72. The maximum Gasteiger partial charge on any atom is 0.257 e. The first-order valence-corrected chi connectivity index (χ1v) is 9.62. The van der Waals surface area contributed by atoms with Crippen LogP contribution in [0.1, 0.15) is 21.6 Å². The summed E-state index contributed by atoms with van der Waals surface area (Å²) in [5.74, 6) is 0.670. The molecule has 5 nitrogen and oxygen atoms in total. The molecule has 28 heavy (non-hydrogen) atoms. The third kappa shape index (κ3) is 3.74. The lowest BCUT2D eigenvalue weighted by atomic mass is 10.1. The lowest BCUT2D eigenvalue weighted by molar-refractivity contribution is 0.0745. The second-order valence-corrected chi connectivity index (χ2v) is 7.17. The average Bonchev–Trinajstić information content (AvgIpc) is 2.74. The van der Waals surface area contributed by atoms with E-state index in [1.54, 1.807) is 6.20 Å². The van der Waals surface area contributed by atoms with Crippen LogP contribution >= 0.6 is 0 Å². The molecule has 5 heteroatoms. The van der Waals surface area contributed by atoms with Gasteiger partial charge in [-0.05, 0) is 26.0 Å². The van der Waals surface area contributed by atoms with E-state index in [-0.39, 0.29) is 5.91 Å². The van der Waals surface area contributed by atoms with Crippen molar-refractivity contribution in [3.63, 3.8) is 0 Å². The second kappa shape index (κ2) is 7.80. The van der Waals surface area contributed by atoms with E-state index in [1.165, 1.54) is 11.3 Å². The SMILES string of the molecule is Cc1ccc(-c2ncc(C(=O)N3CCN(c4ccccc4)CC3)c(C)n2)cc1. The smallest absolute Gasteiger partial charge is 0.257 e. The first kappa shape index (κ1) is 18.2. The Morgan fingerprint density at radius 3 is 2.21 bits per heavy atom. The van der Waals surface area contributed by atoms with E-state index in [0.717, 1.165) is 24.3 Å². The van der Waals surface area contributed by atoms with Crippen LogP contribution in [-0.4, -0.2) is 47.0 Å². The number of amides is 1. The Labute approximate surface area is 165 Å². The van der Waals surface area contributed by atoms with Crippen LogP contribution < -0.4 is 4.90 Å². The van der Waals surface area contributed by atoms with Crippen molar-refractivity contribution in [2.75, 3.05) is 31.1 Å². The monoisotopic (exact) mass is 372 g/mol. The van der Waals surface area contributed by atoms with Gasteiger partial charge in [-0.1, -0.05) is 48.0 Å². The lowest BCUT2D eigenvalue weighted by Crippen LogP contribution is -2.49. The summed E-state index contributed by atoms with van der Waals surface area (Å²) in [5, 5.41) is 0. The number of aromatic nitrogens is 2. The Morgan fingerprint density at radius 2 is 1.57 bits per heavy atom. The van der Waals surface area contributed by atoms with Gasteiger partial charge in [0.2, 0.25) is 0 Å². The maximum atomic E-state index is 13.0. The molecule has 1 aliphatic rings. The molecule has 1 fully saturated rings. The minimum absolute atomic E-state index is 0.0145. The second-order valence-electron chi connectivity index (χ2n) is 7.17. The molecule has 0 unspecified atom stereocenters. The zero-order chi connectivity index (χ0) is 19.5. The highest BCUT2D eigenvalue weighted by molar-refractivity contribution is 5.95. The van der Waals surface area contributed by atoms with Gasteiger partial charge in [0.15, 0.2) is 5.82 Å². The van der Waals surface area contributed by atoms with Crippen LogP contribution in [0.15, 0.2) is 60.8 Å². The van der Waals surface area contributed by atoms with Crippen molar-refractivity contribution in [1.82, 2.24) is 14.9 Å². The largest absolute Gasteiger partial charge is 0.368 e. The zero-order valence-electron chi connectivity index (χ0n) is 16.3. The summed E-state index contributed by atoms with van der Waals surface area (Å²) in [4.78, 5) is 26.2. The van der Waals surface area contributed by atoms with Crippen molar-refractivity contribution in [3.8, 4) is 11.4 Å². The van der Waals surface area contributed by atoms with Crippen molar-refractivity contribution in [3.05, 3.63) is 77.6 Å². The summed E-state index contributed by atoms with van der Waals surface area (Å²) in [6.07, 6.45) is 1.67. The Morgan fingerprint density at radius 1 is 0.893 bits per heavy atom. The number of nitrogens with zero attached hydrogens (tertiary/aromatic N) is 4. The molecule has 1 saturated heterocycles. The summed E-state index contributed by atoms with van der Waals surface area (Å²) in [7, 11) is 0. The number of carbonyl (C=O) groups is 1. The van der Waals surface area contributed by atoms with Gasteiger partial charge in [0.25, 0.3) is 5.91 Å². The van der Waals surface area contributed by atoms with Gasteiger partial charge in [0.05, 0.1) is 11.3 Å². The number of hydrogen-bond acceptors (Lipinski definition) is 4. The van der Waals surface area contributed by atoms with Crippen LogP contribution in [0.2, 0.25) is 0 Å². The summed E-state index contributed by atoms with van der Waals surface area (Å²) < 4.78 is 0. The standard InChI is InChI=1S/C23H24N4O/c1-17-8-10-19(11-9-17)22-24-16-21(18(2)25-22)23(28)27-14-12-26(13-15-27)20-6-4-3-5-7-20/h3-11,16H,12-15H2,1-2H3. The molecule has 1 amide bonds. The molecule has 2 heterocycles. The van der Waals surface area contributed by atoms with Crippen LogP contribution in [-0.2, 0) is 0 Å². The van der Waals surface area contributed by atoms with Gasteiger partial charge in [0.1, 0.15) is 0 Å². The van der Waals surface area contributed by atoms with Crippen LogP contribution in [0.3, 0.4) is 0 Å². The third-order valence-corrected chi connectivity index (χ3v) is 5.21. The molecule has 0 N–H and O–H groups in total. The van der Waals surface area contributed by atoms with Gasteiger partial charge >= 0.3 is 0 Å². The molecule has 0 aliphatic carbocycles. The Hall–Kier alpha value is -3.21. The van der Waals surface area contributed by atoms with Gasteiger partial charge in [0, 0.05) is 43.6 Å². The predicted molar refractivity (Wildman–Crippen MR) is 112 cm³/mol. The molecule has 0 radical (unpaired) electrons. The zero-order valence-corrected chi connectivity index (χ0v) is 16.3. The normalized spacial score (nSPS) is 14.2. The molecule has 1 aliphatic heterocycles. The number of piperazine rings is 1. The topological polar surface area (TPSA) is 49.3 Å². The summed E-state index contributed by atoms with van der Waals surface area (Å²) in [6, 6.07) is 18.4. The number of aryl methyl sites for hydroxylation is 2. The highest BCUT2D eigenvalue weighted by Gasteiger charge is 2.24. The van der Waals surface area contributed by atoms with Crippen molar-refractivity contribution in [2.24, 2.45) is 0 Å². The van der Waals surface area contributed by atoms with E-state index in [0.29, 0.717) is 24.5 Å². The number of rotatable bonds is 3. The van der Waals surface area contributed by atoms with E-state index in [1.807, 2.05) is 54.3 Å². The first-order chi connectivity index (χ1) is 13.6. The van der Waals surface area contributed by atoms with E-state index >= 15 is 0 Å². The van der Waals surface area contributed by atoms with E-state index < -0.39 is 0 Å². The van der Waals surface area contributed by atoms with E-state index in [9.17, 15) is 4.79 Å². The third-order valence-electron chi connectivity index (χ3n) is 5.21. The fourth-order valence-electron chi connectivity index (χ4n) is 3.50. The quantitative estimate of drug-likeness (QED) is 0.703. The highest BCUT2D eigenvalue weighted by atomic mass is 16.2. The molecule has 2 aromatic carbocycles. The summed E-state index contributed by atoms with van der Waals surface area (Å²) in [5.41, 5.74) is 4.67. The molecule has 4 rings (SSSR count). The fraction of sp³-hybridized carbons (Fsp3) is 0.261. The number of carbonyl (C=O) groups excluding carboxylic acids is 1. The molecule has 1 aromatic heterocycles. The first-order valence-electron chi connectivity index (χ1n) is 9.62. The molecule has 3 aromatic rings. The van der Waals surface area contributed by atoms with Gasteiger partial charge in [-0.15, -0.1) is 0 Å². The van der Waals surface area contributed by atoms with Gasteiger partial charge in [-0.25, -0.2) is 9.97 Å². The average molecular weight is 372 g/mol. The highest BCUT2D eigenvalue weighted by Crippen LogP contribution is 2.20. The van der Waals surface area contributed by atoms with E-state index in [4.69, 9.17) is 0 Å². The number of hydrogen-bond donors (Lipinski definition) is 0. The van der Waals surface area contributed by atoms with Crippen molar-refractivity contribution in [2.45, 2.75) is 13.8 Å². The molecular weight excluding hydrogens is 348 g/mol. The Balaban J connectivity index is 1.46. The van der Waals surface area contributed by atoms with Gasteiger partial charge in [-0.2, -0.15) is 0 Å². The van der Waals surface area contributed by atoms with Crippen molar-refractivity contribution >= 4 is 11.6 Å². The van der Waals surface area contributed by atoms with Crippen LogP contribution in [0.4, 0.5) is 5.69 Å². The number of para-hydroxylation sites is 1. The van der Waals surface area contributed by atoms with Gasteiger partial charge < -0.3 is 9.80 Å². The van der Waals surface area contributed by atoms with Crippen LogP contribution in [0.5, 0.6) is 0 Å². The van der Waals surface area contributed by atoms with Crippen molar-refractivity contribution < 1.29 is 4.79 Å². The van der Waals surface area contributed by atoms with Crippen LogP contribution in [0, 0.1) is 13.8 Å². The molecule has 0 spiro atoms. The molecular formula is C23H24N4O. The number of benzene rings is 2. The summed E-state index contributed by atoms with van der Waals surface area (Å²) in [6.45, 7) is 7.00. The molecule has 0 bridgehead atoms. The molecule has 0 atom stereocenters. The van der Waals surface area contributed by atoms with Gasteiger partial charge in [-0.3, -0.25) is 4.79 Å². The molecule has 142 valence electrons. The number of anilines is 1. The van der Waals surface area contributed by atoms with E-state index in [2.05, 4.69) is 33.9 Å². The lowest BCUT2D eigenvalue weighted by Gasteiger charge is -2.36. The maximum absolute atomic E-state index is 13.0. The Bertz CT molecular complexity index is 962. The van der Waals surface area contributed by atoms with Crippen LogP contribution in [0.25, 0.3) is 11.4 Å². The minimum Gasteiger partial charge on any atom is -0.368 e. The Kier molecular flexibility index (Phi) is 5.06. The molecule has 0 saturated carbocycles. The minimum atomic E-state index is 0.0145. The summed E-state index contributed by atoms with van der Waals surface area (Å²) >= 11 is 0. The fourth-order valence-corrected chi connectivity index (χ4v) is 3.50. The van der Waals surface area contributed by atoms with Crippen molar-refractivity contribution in [1.29, 1.82) is 0 Å².